The molecule has 0 spiro atoms. The van der Waals surface area contributed by atoms with Crippen LogP contribution in [0.5, 0.6) is 0 Å². The number of nitrogens with zero attached hydrogens (tertiary/aromatic N) is 2. The lowest BCUT2D eigenvalue weighted by Crippen LogP contribution is -2.44. The fourth-order valence-corrected chi connectivity index (χ4v) is 2.73. The molecule has 1 aliphatic rings. The Bertz CT molecular complexity index is 508. The Labute approximate surface area is 144 Å². The van der Waals surface area contributed by atoms with E-state index in [9.17, 15) is 9.59 Å². The topological polar surface area (TPSA) is 66.6 Å². The van der Waals surface area contributed by atoms with Crippen LogP contribution in [0.1, 0.15) is 25.3 Å². The number of aryl methyl sites for hydroxylation is 1. The standard InChI is InChI=1S/C17H25N3O2.ClH/c1-14(18)17(22)20-11-5-10-19(12-13-20)16(21)9-8-15-6-3-2-4-7-15;/h2-4,6-7,14H,5,8-13,18H2,1H3;1H/t14-;/m1./s1. The van der Waals surface area contributed by atoms with Crippen molar-refractivity contribution in [3.05, 3.63) is 35.9 Å². The first-order chi connectivity index (χ1) is 10.6. The molecule has 5 nitrogen and oxygen atoms in total. The molecule has 6 heteroatoms. The number of hydrogen-bond donors (Lipinski definition) is 1. The molecule has 2 N–H and O–H groups in total. The summed E-state index contributed by atoms with van der Waals surface area (Å²) in [5, 5.41) is 0. The summed E-state index contributed by atoms with van der Waals surface area (Å²) in [6, 6.07) is 9.56. The third kappa shape index (κ3) is 5.84. The Kier molecular flexibility index (Phi) is 8.06. The Morgan fingerprint density at radius 2 is 1.70 bits per heavy atom. The Balaban J connectivity index is 0.00000264. The first kappa shape index (κ1) is 19.5. The van der Waals surface area contributed by atoms with Gasteiger partial charge < -0.3 is 15.5 Å². The van der Waals surface area contributed by atoms with Gasteiger partial charge in [-0.1, -0.05) is 30.3 Å². The zero-order valence-electron chi connectivity index (χ0n) is 13.6. The summed E-state index contributed by atoms with van der Waals surface area (Å²) < 4.78 is 0. The SMILES string of the molecule is C[C@@H](N)C(=O)N1CCCN(C(=O)CCc2ccccc2)CC1.Cl. The van der Waals surface area contributed by atoms with E-state index in [4.69, 9.17) is 5.73 Å². The highest BCUT2D eigenvalue weighted by molar-refractivity contribution is 5.85. The minimum absolute atomic E-state index is 0. The molecule has 0 saturated carbocycles. The highest BCUT2D eigenvalue weighted by Gasteiger charge is 2.23. The van der Waals surface area contributed by atoms with Crippen molar-refractivity contribution in [1.82, 2.24) is 9.80 Å². The molecule has 23 heavy (non-hydrogen) atoms. The first-order valence-corrected chi connectivity index (χ1v) is 7.94. The molecule has 0 unspecified atom stereocenters. The van der Waals surface area contributed by atoms with E-state index in [1.165, 1.54) is 5.56 Å². The summed E-state index contributed by atoms with van der Waals surface area (Å²) in [4.78, 5) is 27.9. The van der Waals surface area contributed by atoms with Crippen LogP contribution >= 0.6 is 12.4 Å². The molecular weight excluding hydrogens is 314 g/mol. The van der Waals surface area contributed by atoms with Gasteiger partial charge in [-0.2, -0.15) is 0 Å². The van der Waals surface area contributed by atoms with Crippen molar-refractivity contribution in [1.29, 1.82) is 0 Å². The molecule has 2 rings (SSSR count). The number of carbonyl (C=O) groups is 2. The average Bonchev–Trinajstić information content (AvgIpc) is 2.78. The van der Waals surface area contributed by atoms with Crippen LogP contribution in [-0.2, 0) is 16.0 Å². The summed E-state index contributed by atoms with van der Waals surface area (Å²) in [7, 11) is 0. The normalized spacial score (nSPS) is 16.3. The highest BCUT2D eigenvalue weighted by Crippen LogP contribution is 2.09. The zero-order valence-corrected chi connectivity index (χ0v) is 14.4. The number of rotatable bonds is 4. The molecule has 1 fully saturated rings. The smallest absolute Gasteiger partial charge is 0.239 e. The number of carbonyl (C=O) groups excluding carboxylic acids is 2. The van der Waals surface area contributed by atoms with Gasteiger partial charge in [-0.3, -0.25) is 9.59 Å². The second-order valence-corrected chi connectivity index (χ2v) is 5.83. The third-order valence-corrected chi connectivity index (χ3v) is 4.02. The van der Waals surface area contributed by atoms with Gasteiger partial charge >= 0.3 is 0 Å². The van der Waals surface area contributed by atoms with Gasteiger partial charge in [0.15, 0.2) is 0 Å². The lowest BCUT2D eigenvalue weighted by Gasteiger charge is -2.23. The second-order valence-electron chi connectivity index (χ2n) is 5.83. The lowest BCUT2D eigenvalue weighted by atomic mass is 10.1. The van der Waals surface area contributed by atoms with Crippen LogP contribution in [0.4, 0.5) is 0 Å². The van der Waals surface area contributed by atoms with E-state index < -0.39 is 6.04 Å². The van der Waals surface area contributed by atoms with Gasteiger partial charge in [-0.05, 0) is 25.3 Å². The van der Waals surface area contributed by atoms with Gasteiger partial charge in [0.25, 0.3) is 0 Å². The number of amides is 2. The Morgan fingerprint density at radius 1 is 1.09 bits per heavy atom. The molecule has 128 valence electrons. The Hall–Kier alpha value is -1.59. The van der Waals surface area contributed by atoms with Gasteiger partial charge in [-0.25, -0.2) is 0 Å². The fourth-order valence-electron chi connectivity index (χ4n) is 2.73. The number of nitrogens with two attached hydrogens (primary N) is 1. The zero-order chi connectivity index (χ0) is 15.9. The average molecular weight is 340 g/mol. The van der Waals surface area contributed by atoms with Crippen LogP contribution in [0.2, 0.25) is 0 Å². The van der Waals surface area contributed by atoms with Crippen molar-refractivity contribution in [2.75, 3.05) is 26.2 Å². The van der Waals surface area contributed by atoms with Gasteiger partial charge in [0.05, 0.1) is 6.04 Å². The van der Waals surface area contributed by atoms with Crippen LogP contribution in [0, 0.1) is 0 Å². The monoisotopic (exact) mass is 339 g/mol. The quantitative estimate of drug-likeness (QED) is 0.902. The molecule has 0 aromatic heterocycles. The summed E-state index contributed by atoms with van der Waals surface area (Å²) in [5.41, 5.74) is 6.83. The predicted molar refractivity (Wildman–Crippen MR) is 93.4 cm³/mol. The van der Waals surface area contributed by atoms with E-state index in [0.717, 1.165) is 19.4 Å². The van der Waals surface area contributed by atoms with Crippen LogP contribution in [0.25, 0.3) is 0 Å². The van der Waals surface area contributed by atoms with E-state index in [1.807, 2.05) is 35.2 Å². The largest absolute Gasteiger partial charge is 0.341 e. The van der Waals surface area contributed by atoms with Crippen molar-refractivity contribution in [2.45, 2.75) is 32.2 Å². The summed E-state index contributed by atoms with van der Waals surface area (Å²) in [6.45, 7) is 4.29. The van der Waals surface area contributed by atoms with E-state index in [0.29, 0.717) is 26.1 Å². The van der Waals surface area contributed by atoms with Crippen molar-refractivity contribution < 1.29 is 9.59 Å². The van der Waals surface area contributed by atoms with E-state index in [1.54, 1.807) is 11.8 Å². The number of hydrogen-bond acceptors (Lipinski definition) is 3. The summed E-state index contributed by atoms with van der Waals surface area (Å²) in [5.74, 6) is 0.137. The van der Waals surface area contributed by atoms with Crippen molar-refractivity contribution >= 4 is 24.2 Å². The molecule has 2 amide bonds. The van der Waals surface area contributed by atoms with E-state index in [-0.39, 0.29) is 24.2 Å². The van der Waals surface area contributed by atoms with Crippen molar-refractivity contribution in [2.24, 2.45) is 5.73 Å². The molecule has 0 radical (unpaired) electrons. The van der Waals surface area contributed by atoms with Crippen LogP contribution in [0.15, 0.2) is 30.3 Å². The lowest BCUT2D eigenvalue weighted by molar-refractivity contribution is -0.134. The van der Waals surface area contributed by atoms with Crippen molar-refractivity contribution in [3.63, 3.8) is 0 Å². The highest BCUT2D eigenvalue weighted by atomic mass is 35.5. The molecule has 1 aliphatic heterocycles. The van der Waals surface area contributed by atoms with E-state index >= 15 is 0 Å². The third-order valence-electron chi connectivity index (χ3n) is 4.02. The molecule has 1 heterocycles. The van der Waals surface area contributed by atoms with Crippen LogP contribution in [0.3, 0.4) is 0 Å². The van der Waals surface area contributed by atoms with Crippen molar-refractivity contribution in [3.8, 4) is 0 Å². The predicted octanol–water partition coefficient (Wildman–Crippen LogP) is 1.45. The first-order valence-electron chi connectivity index (χ1n) is 7.94. The summed E-state index contributed by atoms with van der Waals surface area (Å²) in [6.07, 6.45) is 2.10. The van der Waals surface area contributed by atoms with Crippen LogP contribution in [-0.4, -0.2) is 53.8 Å². The maximum Gasteiger partial charge on any atom is 0.239 e. The van der Waals surface area contributed by atoms with Gasteiger partial charge in [0.1, 0.15) is 0 Å². The second kappa shape index (κ2) is 9.53. The minimum Gasteiger partial charge on any atom is -0.341 e. The fraction of sp³-hybridized carbons (Fsp3) is 0.529. The minimum atomic E-state index is -0.472. The number of halogens is 1. The molecule has 1 saturated heterocycles. The Morgan fingerprint density at radius 3 is 2.35 bits per heavy atom. The molecular formula is C17H26ClN3O2. The van der Waals surface area contributed by atoms with Crippen LogP contribution < -0.4 is 5.73 Å². The van der Waals surface area contributed by atoms with Gasteiger partial charge in [0, 0.05) is 32.6 Å². The maximum absolute atomic E-state index is 12.3. The molecule has 0 aliphatic carbocycles. The van der Waals surface area contributed by atoms with E-state index in [2.05, 4.69) is 0 Å². The molecule has 1 aromatic rings. The maximum atomic E-state index is 12.3. The molecule has 0 bridgehead atoms. The molecule has 1 atom stereocenters. The summed E-state index contributed by atoms with van der Waals surface area (Å²) >= 11 is 0. The molecule has 1 aromatic carbocycles. The number of benzene rings is 1. The van der Waals surface area contributed by atoms with Gasteiger partial charge in [-0.15, -0.1) is 12.4 Å². The van der Waals surface area contributed by atoms with Gasteiger partial charge in [0.2, 0.25) is 11.8 Å².